The molecule has 0 saturated heterocycles. The average molecular weight is 505 g/mol. The molecule has 1 N–H and O–H groups in total. The van der Waals surface area contributed by atoms with Crippen molar-refractivity contribution >= 4 is 5.71 Å². The van der Waals surface area contributed by atoms with Crippen LogP contribution in [-0.2, 0) is 11.4 Å². The summed E-state index contributed by atoms with van der Waals surface area (Å²) in [6.07, 6.45) is -0.166. The van der Waals surface area contributed by atoms with E-state index in [4.69, 9.17) is 23.8 Å². The van der Waals surface area contributed by atoms with E-state index in [1.165, 1.54) is 0 Å². The van der Waals surface area contributed by atoms with Crippen LogP contribution in [0, 0.1) is 6.92 Å². The second kappa shape index (κ2) is 11.5. The van der Waals surface area contributed by atoms with Crippen molar-refractivity contribution < 1.29 is 28.9 Å². The Morgan fingerprint density at radius 3 is 2.78 bits per heavy atom. The number of hydrogen-bond acceptors (Lipinski definition) is 8. The first-order valence-corrected chi connectivity index (χ1v) is 12.4. The van der Waals surface area contributed by atoms with Gasteiger partial charge in [-0.05, 0) is 54.4 Å². The maximum absolute atomic E-state index is 10.9. The third-order valence-corrected chi connectivity index (χ3v) is 6.43. The van der Waals surface area contributed by atoms with Crippen LogP contribution >= 0.6 is 0 Å². The van der Waals surface area contributed by atoms with E-state index >= 15 is 0 Å². The molecule has 0 radical (unpaired) electrons. The molecule has 2 aliphatic rings. The molecule has 0 unspecified atom stereocenters. The number of aliphatic hydroxyl groups excluding tert-OH is 1. The molecule has 2 atom stereocenters. The topological polar surface area (TPSA) is 82.0 Å². The Bertz CT molecular complexity index is 1250. The van der Waals surface area contributed by atoms with E-state index in [0.29, 0.717) is 26.1 Å². The molecule has 8 nitrogen and oxygen atoms in total. The van der Waals surface area contributed by atoms with Crippen LogP contribution in [0.3, 0.4) is 0 Å². The molecular formula is C29H32N2O6. The number of rotatable bonds is 11. The van der Waals surface area contributed by atoms with Crippen LogP contribution < -0.4 is 18.9 Å². The molecule has 37 heavy (non-hydrogen) atoms. The smallest absolute Gasteiger partial charge is 0.231 e. The Morgan fingerprint density at radius 2 is 1.92 bits per heavy atom. The van der Waals surface area contributed by atoms with Crippen LogP contribution in [0.15, 0.2) is 71.9 Å². The van der Waals surface area contributed by atoms with Gasteiger partial charge in [0.1, 0.15) is 30.3 Å². The number of oxime groups is 1. The fraction of sp³-hybridized carbons (Fsp3) is 0.345. The first-order valence-electron chi connectivity index (χ1n) is 12.4. The Labute approximate surface area is 217 Å². The van der Waals surface area contributed by atoms with E-state index in [1.54, 1.807) is 7.11 Å². The minimum atomic E-state index is -0.680. The Balaban J connectivity index is 1.23. The van der Waals surface area contributed by atoms with Crippen molar-refractivity contribution in [1.82, 2.24) is 4.90 Å². The van der Waals surface area contributed by atoms with Crippen LogP contribution in [0.2, 0.25) is 0 Å². The molecule has 3 aromatic carbocycles. The Hall–Kier alpha value is -3.75. The number of methoxy groups -OCH3 is 1. The highest BCUT2D eigenvalue weighted by Crippen LogP contribution is 2.33. The van der Waals surface area contributed by atoms with Crippen LogP contribution in [-0.4, -0.2) is 61.5 Å². The summed E-state index contributed by atoms with van der Waals surface area (Å²) in [6, 6.07) is 21.6. The SMILES string of the molecule is COc1cccc(CN(C[C@@H](O)COc2ccccc2C)C[C@H]2CC(c3ccc4c(c3)OCO4)=NO2)c1. The van der Waals surface area contributed by atoms with Crippen molar-refractivity contribution in [1.29, 1.82) is 0 Å². The molecule has 0 spiro atoms. The number of benzene rings is 3. The zero-order valence-corrected chi connectivity index (χ0v) is 21.1. The molecule has 2 aliphatic heterocycles. The van der Waals surface area contributed by atoms with E-state index < -0.39 is 6.10 Å². The molecule has 194 valence electrons. The zero-order chi connectivity index (χ0) is 25.6. The molecule has 0 aliphatic carbocycles. The summed E-state index contributed by atoms with van der Waals surface area (Å²) in [5.41, 5.74) is 3.95. The van der Waals surface area contributed by atoms with Crippen molar-refractivity contribution in [2.24, 2.45) is 5.16 Å². The zero-order valence-electron chi connectivity index (χ0n) is 21.1. The first-order chi connectivity index (χ1) is 18.1. The van der Waals surface area contributed by atoms with Gasteiger partial charge < -0.3 is 28.9 Å². The number of para-hydroxylation sites is 1. The van der Waals surface area contributed by atoms with E-state index in [-0.39, 0.29) is 19.5 Å². The van der Waals surface area contributed by atoms with Gasteiger partial charge in [0.15, 0.2) is 11.5 Å². The van der Waals surface area contributed by atoms with Gasteiger partial charge in [-0.25, -0.2) is 0 Å². The van der Waals surface area contributed by atoms with Crippen molar-refractivity contribution in [3.05, 3.63) is 83.4 Å². The van der Waals surface area contributed by atoms with Gasteiger partial charge in [0.05, 0.1) is 12.8 Å². The minimum Gasteiger partial charge on any atom is -0.497 e. The van der Waals surface area contributed by atoms with Crippen molar-refractivity contribution in [3.63, 3.8) is 0 Å². The van der Waals surface area contributed by atoms with E-state index in [9.17, 15) is 5.11 Å². The molecule has 0 amide bonds. The van der Waals surface area contributed by atoms with Gasteiger partial charge in [0.2, 0.25) is 6.79 Å². The molecule has 8 heteroatoms. The van der Waals surface area contributed by atoms with E-state index in [2.05, 4.69) is 16.1 Å². The number of fused-ring (bicyclic) bond motifs is 1. The molecule has 2 heterocycles. The predicted octanol–water partition coefficient (Wildman–Crippen LogP) is 4.17. The van der Waals surface area contributed by atoms with Crippen LogP contribution in [0.4, 0.5) is 0 Å². The quantitative estimate of drug-likeness (QED) is 0.420. The summed E-state index contributed by atoms with van der Waals surface area (Å²) in [6.45, 7) is 4.06. The second-order valence-electron chi connectivity index (χ2n) is 9.31. The van der Waals surface area contributed by atoms with Gasteiger partial charge in [-0.1, -0.05) is 35.5 Å². The molecule has 5 rings (SSSR count). The summed E-state index contributed by atoms with van der Waals surface area (Å²) in [7, 11) is 1.66. The number of ether oxygens (including phenoxy) is 4. The maximum Gasteiger partial charge on any atom is 0.231 e. The van der Waals surface area contributed by atoms with Crippen LogP contribution in [0.5, 0.6) is 23.0 Å². The molecule has 0 bridgehead atoms. The molecule has 3 aromatic rings. The molecule has 0 saturated carbocycles. The maximum atomic E-state index is 10.9. The lowest BCUT2D eigenvalue weighted by Gasteiger charge is -2.27. The summed E-state index contributed by atoms with van der Waals surface area (Å²) in [5, 5.41) is 15.2. The van der Waals surface area contributed by atoms with Gasteiger partial charge in [-0.2, -0.15) is 0 Å². The Kier molecular flexibility index (Phi) is 7.77. The summed E-state index contributed by atoms with van der Waals surface area (Å²) in [4.78, 5) is 7.99. The lowest BCUT2D eigenvalue weighted by Crippen LogP contribution is -2.39. The lowest BCUT2D eigenvalue weighted by molar-refractivity contribution is 0.0212. The summed E-state index contributed by atoms with van der Waals surface area (Å²) in [5.74, 6) is 3.04. The number of hydrogen-bond donors (Lipinski definition) is 1. The number of aliphatic hydroxyl groups is 1. The van der Waals surface area contributed by atoms with Crippen molar-refractivity contribution in [3.8, 4) is 23.0 Å². The largest absolute Gasteiger partial charge is 0.497 e. The monoisotopic (exact) mass is 504 g/mol. The van der Waals surface area contributed by atoms with E-state index in [1.807, 2.05) is 67.6 Å². The molecular weight excluding hydrogens is 472 g/mol. The predicted molar refractivity (Wildman–Crippen MR) is 140 cm³/mol. The standard InChI is InChI=1S/C29H32N2O6/c1-20-6-3-4-9-27(20)34-18-23(32)16-31(15-21-7-5-8-24(12-21)33-2)17-25-14-26(30-37-25)22-10-11-28-29(13-22)36-19-35-28/h3-13,23,25,32H,14-19H2,1-2H3/t23-,25-/m1/s1. The van der Waals surface area contributed by atoms with Gasteiger partial charge in [0, 0.05) is 31.6 Å². The van der Waals surface area contributed by atoms with Crippen LogP contribution in [0.1, 0.15) is 23.1 Å². The Morgan fingerprint density at radius 1 is 1.05 bits per heavy atom. The number of nitrogens with zero attached hydrogens (tertiary/aromatic N) is 2. The summed E-state index contributed by atoms with van der Waals surface area (Å²) >= 11 is 0. The second-order valence-corrected chi connectivity index (χ2v) is 9.31. The van der Waals surface area contributed by atoms with Gasteiger partial charge in [-0.3, -0.25) is 4.90 Å². The minimum absolute atomic E-state index is 0.143. The van der Waals surface area contributed by atoms with Gasteiger partial charge in [0.25, 0.3) is 0 Å². The number of aryl methyl sites for hydroxylation is 1. The highest BCUT2D eigenvalue weighted by atomic mass is 16.7. The first kappa shape index (κ1) is 24.9. The third-order valence-electron chi connectivity index (χ3n) is 6.43. The van der Waals surface area contributed by atoms with Gasteiger partial charge >= 0.3 is 0 Å². The van der Waals surface area contributed by atoms with Crippen molar-refractivity contribution in [2.75, 3.05) is 33.6 Å². The normalized spacial score (nSPS) is 16.9. The summed E-state index contributed by atoms with van der Waals surface area (Å²) < 4.78 is 22.2. The third kappa shape index (κ3) is 6.34. The van der Waals surface area contributed by atoms with E-state index in [0.717, 1.165) is 45.4 Å². The molecule has 0 fully saturated rings. The highest BCUT2D eigenvalue weighted by Gasteiger charge is 2.27. The fourth-order valence-corrected chi connectivity index (χ4v) is 4.55. The molecule has 0 aromatic heterocycles. The van der Waals surface area contributed by atoms with Gasteiger partial charge in [-0.15, -0.1) is 0 Å². The lowest BCUT2D eigenvalue weighted by atomic mass is 10.0. The van der Waals surface area contributed by atoms with Crippen LogP contribution in [0.25, 0.3) is 0 Å². The van der Waals surface area contributed by atoms with Crippen molar-refractivity contribution in [2.45, 2.75) is 32.1 Å². The average Bonchev–Trinajstić information content (AvgIpc) is 3.57. The fourth-order valence-electron chi connectivity index (χ4n) is 4.55. The highest BCUT2D eigenvalue weighted by molar-refractivity contribution is 6.01.